The smallest absolute Gasteiger partial charge is 0.254 e. The number of halogens is 1. The van der Waals surface area contributed by atoms with Gasteiger partial charge in [0.1, 0.15) is 0 Å². The predicted octanol–water partition coefficient (Wildman–Crippen LogP) is 1.38. The Morgan fingerprint density at radius 3 is 3.17 bits per heavy atom. The van der Waals surface area contributed by atoms with Gasteiger partial charge in [0.05, 0.1) is 5.56 Å². The van der Waals surface area contributed by atoms with E-state index in [1.54, 1.807) is 0 Å². The van der Waals surface area contributed by atoms with Crippen molar-refractivity contribution in [1.29, 1.82) is 0 Å². The van der Waals surface area contributed by atoms with Gasteiger partial charge in [-0.1, -0.05) is 0 Å². The summed E-state index contributed by atoms with van der Waals surface area (Å²) in [4.78, 5) is 15.4. The fraction of sp³-hybridized carbons (Fsp3) is 0.455. The second-order valence-corrected chi connectivity index (χ2v) is 6.39. The Balaban J connectivity index is 1.93. The maximum atomic E-state index is 13.6. The summed E-state index contributed by atoms with van der Waals surface area (Å²) in [5.41, 5.74) is 5.28. The number of anilines is 1. The minimum atomic E-state index is -0.749. The van der Waals surface area contributed by atoms with E-state index in [1.165, 1.54) is 12.3 Å². The lowest BCUT2D eigenvalue weighted by atomic mass is 10.2. The van der Waals surface area contributed by atoms with Gasteiger partial charge >= 0.3 is 0 Å². The van der Waals surface area contributed by atoms with Crippen molar-refractivity contribution in [1.82, 2.24) is 10.3 Å². The van der Waals surface area contributed by atoms with Crippen molar-refractivity contribution in [3.05, 3.63) is 23.6 Å². The number of nitrogens with one attached hydrogen (secondary N) is 1. The van der Waals surface area contributed by atoms with Crippen molar-refractivity contribution in [2.24, 2.45) is 0 Å². The molecule has 7 heteroatoms. The lowest BCUT2D eigenvalue weighted by Gasteiger charge is -2.21. The Morgan fingerprint density at radius 2 is 2.44 bits per heavy atom. The molecule has 0 aromatic carbocycles. The largest absolute Gasteiger partial charge is 0.381 e. The number of carbonyl (C=O) groups excluding carboxylic acids is 1. The fourth-order valence-corrected chi connectivity index (χ4v) is 4.20. The molecule has 1 fully saturated rings. The SMILES string of the molecule is Nc1nccc(C(=O)NCC2CSCCS2)c1F. The number of nitrogens with zero attached hydrogens (tertiary/aromatic N) is 1. The van der Waals surface area contributed by atoms with E-state index in [2.05, 4.69) is 10.3 Å². The third kappa shape index (κ3) is 3.29. The first-order valence-electron chi connectivity index (χ1n) is 5.56. The number of nitrogens with two attached hydrogens (primary N) is 1. The molecule has 1 aliphatic heterocycles. The summed E-state index contributed by atoms with van der Waals surface area (Å²) < 4.78 is 13.6. The molecule has 2 heterocycles. The maximum absolute atomic E-state index is 13.6. The molecule has 1 aliphatic rings. The number of thioether (sulfide) groups is 2. The summed E-state index contributed by atoms with van der Waals surface area (Å²) in [7, 11) is 0. The number of hydrogen-bond donors (Lipinski definition) is 2. The number of carbonyl (C=O) groups is 1. The van der Waals surface area contributed by atoms with E-state index >= 15 is 0 Å². The van der Waals surface area contributed by atoms with Crippen molar-refractivity contribution >= 4 is 35.2 Å². The van der Waals surface area contributed by atoms with Gasteiger partial charge in [-0.3, -0.25) is 4.79 Å². The molecule has 3 N–H and O–H groups in total. The summed E-state index contributed by atoms with van der Waals surface area (Å²) in [5, 5.41) is 3.14. The van der Waals surface area contributed by atoms with E-state index in [-0.39, 0.29) is 11.4 Å². The third-order valence-corrected chi connectivity index (χ3v) is 5.38. The average Bonchev–Trinajstić information content (AvgIpc) is 2.40. The van der Waals surface area contributed by atoms with Crippen LogP contribution in [0.4, 0.5) is 10.2 Å². The molecule has 18 heavy (non-hydrogen) atoms. The minimum absolute atomic E-state index is 0.0454. The standard InChI is InChI=1S/C11H14FN3OS2/c12-9-8(1-2-14-10(9)13)11(16)15-5-7-6-17-3-4-18-7/h1-2,7H,3-6H2,(H2,13,14)(H,15,16). The van der Waals surface area contributed by atoms with Gasteiger partial charge in [-0.05, 0) is 6.07 Å². The number of pyridine rings is 1. The highest BCUT2D eigenvalue weighted by atomic mass is 32.2. The van der Waals surface area contributed by atoms with E-state index in [0.29, 0.717) is 11.8 Å². The van der Waals surface area contributed by atoms with E-state index < -0.39 is 11.7 Å². The molecule has 1 amide bonds. The van der Waals surface area contributed by atoms with Gasteiger partial charge in [-0.2, -0.15) is 23.5 Å². The van der Waals surface area contributed by atoms with Crippen molar-refractivity contribution in [2.75, 3.05) is 29.5 Å². The molecule has 0 radical (unpaired) electrons. The maximum Gasteiger partial charge on any atom is 0.254 e. The Bertz CT molecular complexity index is 438. The summed E-state index contributed by atoms with van der Waals surface area (Å²) in [6.45, 7) is 0.554. The van der Waals surface area contributed by atoms with Crippen LogP contribution in [0.25, 0.3) is 0 Å². The van der Waals surface area contributed by atoms with Gasteiger partial charge in [0.2, 0.25) is 0 Å². The normalized spacial score (nSPS) is 19.5. The Labute approximate surface area is 113 Å². The van der Waals surface area contributed by atoms with Crippen LogP contribution in [0.3, 0.4) is 0 Å². The van der Waals surface area contributed by atoms with Crippen molar-refractivity contribution < 1.29 is 9.18 Å². The molecule has 1 unspecified atom stereocenters. The van der Waals surface area contributed by atoms with Gasteiger partial charge < -0.3 is 11.1 Å². The second-order valence-electron chi connectivity index (χ2n) is 3.84. The first-order valence-corrected chi connectivity index (χ1v) is 7.76. The van der Waals surface area contributed by atoms with Crippen molar-refractivity contribution in [3.63, 3.8) is 0 Å². The average molecular weight is 287 g/mol. The summed E-state index contributed by atoms with van der Waals surface area (Å²) in [6.07, 6.45) is 1.33. The molecule has 98 valence electrons. The van der Waals surface area contributed by atoms with Crippen LogP contribution in [0.2, 0.25) is 0 Å². The molecule has 2 rings (SSSR count). The van der Waals surface area contributed by atoms with E-state index in [1.807, 2.05) is 23.5 Å². The zero-order valence-electron chi connectivity index (χ0n) is 9.69. The predicted molar refractivity (Wildman–Crippen MR) is 74.5 cm³/mol. The fourth-order valence-electron chi connectivity index (χ4n) is 1.59. The monoisotopic (exact) mass is 287 g/mol. The molecule has 1 aromatic rings. The molecular formula is C11H14FN3OS2. The van der Waals surface area contributed by atoms with Crippen LogP contribution in [-0.4, -0.2) is 39.9 Å². The molecular weight excluding hydrogens is 273 g/mol. The van der Waals surface area contributed by atoms with Crippen LogP contribution in [0.15, 0.2) is 12.3 Å². The van der Waals surface area contributed by atoms with Crippen molar-refractivity contribution in [2.45, 2.75) is 5.25 Å². The van der Waals surface area contributed by atoms with Crippen LogP contribution in [-0.2, 0) is 0 Å². The van der Waals surface area contributed by atoms with Gasteiger partial charge in [0, 0.05) is 35.3 Å². The Hall–Kier alpha value is -0.950. The molecule has 0 spiro atoms. The van der Waals surface area contributed by atoms with Crippen molar-refractivity contribution in [3.8, 4) is 0 Å². The highest BCUT2D eigenvalue weighted by molar-refractivity contribution is 8.06. The lowest BCUT2D eigenvalue weighted by molar-refractivity contribution is 0.0950. The first-order chi connectivity index (χ1) is 8.68. The number of aromatic nitrogens is 1. The van der Waals surface area contributed by atoms with Crippen LogP contribution in [0.1, 0.15) is 10.4 Å². The number of amides is 1. The topological polar surface area (TPSA) is 68.0 Å². The van der Waals surface area contributed by atoms with E-state index in [9.17, 15) is 9.18 Å². The van der Waals surface area contributed by atoms with Crippen LogP contribution >= 0.6 is 23.5 Å². The van der Waals surface area contributed by atoms with Gasteiger partial charge in [-0.15, -0.1) is 0 Å². The molecule has 1 atom stereocenters. The summed E-state index contributed by atoms with van der Waals surface area (Å²) >= 11 is 3.72. The quantitative estimate of drug-likeness (QED) is 0.879. The summed E-state index contributed by atoms with van der Waals surface area (Å²) in [5.74, 6) is 1.85. The summed E-state index contributed by atoms with van der Waals surface area (Å²) in [6, 6.07) is 1.34. The van der Waals surface area contributed by atoms with Gasteiger partial charge in [0.25, 0.3) is 5.91 Å². The van der Waals surface area contributed by atoms with E-state index in [4.69, 9.17) is 5.73 Å². The third-order valence-electron chi connectivity index (χ3n) is 2.54. The zero-order valence-corrected chi connectivity index (χ0v) is 11.3. The highest BCUT2D eigenvalue weighted by Crippen LogP contribution is 2.23. The molecule has 1 aromatic heterocycles. The van der Waals surface area contributed by atoms with Crippen LogP contribution < -0.4 is 11.1 Å². The molecule has 0 bridgehead atoms. The lowest BCUT2D eigenvalue weighted by Crippen LogP contribution is -2.34. The van der Waals surface area contributed by atoms with Crippen LogP contribution in [0.5, 0.6) is 0 Å². The minimum Gasteiger partial charge on any atom is -0.381 e. The Morgan fingerprint density at radius 1 is 1.61 bits per heavy atom. The van der Waals surface area contributed by atoms with Gasteiger partial charge in [-0.25, -0.2) is 9.37 Å². The molecule has 1 saturated heterocycles. The molecule has 0 aliphatic carbocycles. The van der Waals surface area contributed by atoms with Gasteiger partial charge in [0.15, 0.2) is 11.6 Å². The zero-order chi connectivity index (χ0) is 13.0. The van der Waals surface area contributed by atoms with Crippen LogP contribution in [0, 0.1) is 5.82 Å². The number of hydrogen-bond acceptors (Lipinski definition) is 5. The first kappa shape index (κ1) is 13.5. The second kappa shape index (κ2) is 6.29. The Kier molecular flexibility index (Phi) is 4.71. The number of rotatable bonds is 3. The van der Waals surface area contributed by atoms with E-state index in [0.717, 1.165) is 17.3 Å². The highest BCUT2D eigenvalue weighted by Gasteiger charge is 2.18. The molecule has 4 nitrogen and oxygen atoms in total. The number of nitrogen functional groups attached to an aromatic ring is 1. The molecule has 0 saturated carbocycles.